The van der Waals surface area contributed by atoms with Crippen molar-refractivity contribution in [2.24, 2.45) is 0 Å². The summed E-state index contributed by atoms with van der Waals surface area (Å²) in [7, 11) is 0. The van der Waals surface area contributed by atoms with Crippen LogP contribution in [0.2, 0.25) is 0 Å². The highest BCUT2D eigenvalue weighted by Gasteiger charge is 2.04. The monoisotopic (exact) mass is 200 g/mol. The number of nitriles is 1. The lowest BCUT2D eigenvalue weighted by molar-refractivity contribution is 0.919. The predicted octanol–water partition coefficient (Wildman–Crippen LogP) is 0.741. The number of aromatic amines is 1. The normalized spacial score (nSPS) is 9.87. The van der Waals surface area contributed by atoms with Gasteiger partial charge in [0.15, 0.2) is 0 Å². The Hall–Kier alpha value is -2.35. The third-order valence-corrected chi connectivity index (χ3v) is 1.96. The molecule has 5 heteroatoms. The first-order valence-electron chi connectivity index (χ1n) is 4.36. The lowest BCUT2D eigenvalue weighted by atomic mass is 10.4. The van der Waals surface area contributed by atoms with Crippen molar-refractivity contribution in [2.75, 3.05) is 0 Å². The van der Waals surface area contributed by atoms with Gasteiger partial charge in [-0.1, -0.05) is 0 Å². The highest BCUT2D eigenvalue weighted by Crippen LogP contribution is 2.07. The molecular weight excluding hydrogens is 192 g/mol. The molecule has 0 spiro atoms. The highest BCUT2D eigenvalue weighted by molar-refractivity contribution is 5.33. The van der Waals surface area contributed by atoms with Gasteiger partial charge in [0.2, 0.25) is 0 Å². The van der Waals surface area contributed by atoms with E-state index in [0.717, 1.165) is 0 Å². The van der Waals surface area contributed by atoms with Crippen molar-refractivity contribution in [3.05, 3.63) is 46.3 Å². The fourth-order valence-electron chi connectivity index (χ4n) is 1.36. The van der Waals surface area contributed by atoms with Gasteiger partial charge in [0.25, 0.3) is 5.56 Å². The Morgan fingerprint density at radius 1 is 1.60 bits per heavy atom. The lowest BCUT2D eigenvalue weighted by Crippen LogP contribution is -2.12. The number of nitrogens with zero attached hydrogens (tertiary/aromatic N) is 3. The summed E-state index contributed by atoms with van der Waals surface area (Å²) in [6, 6.07) is 6.78. The minimum absolute atomic E-state index is 0.227. The molecule has 2 aromatic rings. The standard InChI is InChI=1S/C10H8N4O/c1-7-12-9(5-10(15)13-7)14-4-2-3-8(14)6-11/h2-5H,1H3,(H,12,13,15). The minimum atomic E-state index is -0.227. The van der Waals surface area contributed by atoms with Gasteiger partial charge in [-0.3, -0.25) is 9.36 Å². The maximum absolute atomic E-state index is 11.2. The Kier molecular flexibility index (Phi) is 2.10. The van der Waals surface area contributed by atoms with Gasteiger partial charge in [0.1, 0.15) is 23.4 Å². The largest absolute Gasteiger partial charge is 0.311 e. The Bertz CT molecular complexity index is 588. The van der Waals surface area contributed by atoms with Crippen LogP contribution < -0.4 is 5.56 Å². The molecule has 0 radical (unpaired) electrons. The lowest BCUT2D eigenvalue weighted by Gasteiger charge is -2.03. The summed E-state index contributed by atoms with van der Waals surface area (Å²) in [5, 5.41) is 8.82. The average molecular weight is 200 g/mol. The van der Waals surface area contributed by atoms with Gasteiger partial charge in [0, 0.05) is 12.3 Å². The molecule has 0 saturated carbocycles. The van der Waals surface area contributed by atoms with Crippen molar-refractivity contribution in [3.63, 3.8) is 0 Å². The van der Waals surface area contributed by atoms with Crippen LogP contribution in [0.15, 0.2) is 29.2 Å². The Morgan fingerprint density at radius 2 is 2.40 bits per heavy atom. The van der Waals surface area contributed by atoms with Crippen LogP contribution in [0.1, 0.15) is 11.5 Å². The third kappa shape index (κ3) is 1.65. The molecule has 2 heterocycles. The maximum atomic E-state index is 11.2. The van der Waals surface area contributed by atoms with E-state index in [-0.39, 0.29) is 5.56 Å². The van der Waals surface area contributed by atoms with Gasteiger partial charge >= 0.3 is 0 Å². The van der Waals surface area contributed by atoms with E-state index < -0.39 is 0 Å². The van der Waals surface area contributed by atoms with Crippen molar-refractivity contribution in [3.8, 4) is 11.9 Å². The first-order chi connectivity index (χ1) is 7.20. The second kappa shape index (κ2) is 3.42. The Balaban J connectivity index is 2.65. The number of aromatic nitrogens is 3. The number of nitrogens with one attached hydrogen (secondary N) is 1. The molecule has 5 nitrogen and oxygen atoms in total. The highest BCUT2D eigenvalue weighted by atomic mass is 16.1. The second-order valence-corrected chi connectivity index (χ2v) is 3.06. The molecule has 0 fully saturated rings. The summed E-state index contributed by atoms with van der Waals surface area (Å²) >= 11 is 0. The van der Waals surface area contributed by atoms with E-state index in [9.17, 15) is 4.79 Å². The van der Waals surface area contributed by atoms with E-state index in [4.69, 9.17) is 5.26 Å². The Morgan fingerprint density at radius 3 is 3.07 bits per heavy atom. The Labute approximate surface area is 85.6 Å². The number of H-pyrrole nitrogens is 1. The number of aryl methyl sites for hydroxylation is 1. The summed E-state index contributed by atoms with van der Waals surface area (Å²) in [6.45, 7) is 1.69. The zero-order chi connectivity index (χ0) is 10.8. The van der Waals surface area contributed by atoms with Gasteiger partial charge in [-0.2, -0.15) is 5.26 Å². The van der Waals surface area contributed by atoms with Crippen molar-refractivity contribution >= 4 is 0 Å². The smallest absolute Gasteiger partial charge is 0.253 e. The van der Waals surface area contributed by atoms with Crippen LogP contribution in [0, 0.1) is 18.3 Å². The molecule has 2 aromatic heterocycles. The summed E-state index contributed by atoms with van der Waals surface area (Å²) in [5.41, 5.74) is 0.225. The van der Waals surface area contributed by atoms with Crippen LogP contribution >= 0.6 is 0 Å². The molecule has 1 N–H and O–H groups in total. The van der Waals surface area contributed by atoms with Crippen molar-refractivity contribution in [1.82, 2.24) is 14.5 Å². The van der Waals surface area contributed by atoms with Crippen molar-refractivity contribution in [2.45, 2.75) is 6.92 Å². The first kappa shape index (κ1) is 9.21. The topological polar surface area (TPSA) is 74.5 Å². The van der Waals surface area contributed by atoms with Gasteiger partial charge < -0.3 is 4.98 Å². The second-order valence-electron chi connectivity index (χ2n) is 3.06. The van der Waals surface area contributed by atoms with Gasteiger partial charge in [-0.15, -0.1) is 0 Å². The molecule has 2 rings (SSSR count). The molecule has 74 valence electrons. The quantitative estimate of drug-likeness (QED) is 0.737. The number of hydrogen-bond donors (Lipinski definition) is 1. The van der Waals surface area contributed by atoms with Crippen LogP contribution in [0.25, 0.3) is 5.82 Å². The molecular formula is C10H8N4O. The van der Waals surface area contributed by atoms with Crippen LogP contribution in [-0.4, -0.2) is 14.5 Å². The van der Waals surface area contributed by atoms with Crippen molar-refractivity contribution in [1.29, 1.82) is 5.26 Å². The molecule has 0 unspecified atom stereocenters. The van der Waals surface area contributed by atoms with Gasteiger partial charge in [-0.05, 0) is 19.1 Å². The zero-order valence-electron chi connectivity index (χ0n) is 8.06. The molecule has 15 heavy (non-hydrogen) atoms. The maximum Gasteiger partial charge on any atom is 0.253 e. The van der Waals surface area contributed by atoms with Crippen LogP contribution in [0.3, 0.4) is 0 Å². The fourth-order valence-corrected chi connectivity index (χ4v) is 1.36. The van der Waals surface area contributed by atoms with Crippen molar-refractivity contribution < 1.29 is 0 Å². The van der Waals surface area contributed by atoms with Gasteiger partial charge in [0.05, 0.1) is 0 Å². The fraction of sp³-hybridized carbons (Fsp3) is 0.100. The van der Waals surface area contributed by atoms with E-state index in [1.807, 2.05) is 6.07 Å². The van der Waals surface area contributed by atoms with Crippen LogP contribution in [0.4, 0.5) is 0 Å². The summed E-state index contributed by atoms with van der Waals surface area (Å²) < 4.78 is 1.57. The van der Waals surface area contributed by atoms with Crippen LogP contribution in [-0.2, 0) is 0 Å². The zero-order valence-corrected chi connectivity index (χ0v) is 8.06. The molecule has 0 aliphatic rings. The SMILES string of the molecule is Cc1nc(-n2cccc2C#N)cc(=O)[nH]1. The summed E-state index contributed by atoms with van der Waals surface area (Å²) in [4.78, 5) is 17.9. The molecule has 0 aromatic carbocycles. The minimum Gasteiger partial charge on any atom is -0.311 e. The summed E-state index contributed by atoms with van der Waals surface area (Å²) in [6.07, 6.45) is 1.69. The summed E-state index contributed by atoms with van der Waals surface area (Å²) in [5.74, 6) is 0.980. The molecule has 0 bridgehead atoms. The van der Waals surface area contributed by atoms with Gasteiger partial charge in [-0.25, -0.2) is 4.98 Å². The first-order valence-corrected chi connectivity index (χ1v) is 4.36. The third-order valence-electron chi connectivity index (χ3n) is 1.96. The van der Waals surface area contributed by atoms with E-state index in [1.54, 1.807) is 29.8 Å². The molecule has 0 saturated heterocycles. The molecule has 0 atom stereocenters. The predicted molar refractivity (Wildman–Crippen MR) is 53.6 cm³/mol. The number of rotatable bonds is 1. The average Bonchev–Trinajstić information content (AvgIpc) is 2.63. The van der Waals surface area contributed by atoms with E-state index in [0.29, 0.717) is 17.3 Å². The number of hydrogen-bond acceptors (Lipinski definition) is 3. The van der Waals surface area contributed by atoms with Crippen LogP contribution in [0.5, 0.6) is 0 Å². The molecule has 0 aliphatic carbocycles. The van der Waals surface area contributed by atoms with E-state index >= 15 is 0 Å². The molecule has 0 aliphatic heterocycles. The van der Waals surface area contributed by atoms with E-state index in [1.165, 1.54) is 6.07 Å². The molecule has 0 amide bonds. The van der Waals surface area contributed by atoms with E-state index in [2.05, 4.69) is 9.97 Å².